The van der Waals surface area contributed by atoms with Crippen molar-refractivity contribution in [1.29, 1.82) is 0 Å². The molecule has 0 aliphatic rings. The molecule has 0 spiro atoms. The minimum atomic E-state index is -1.13. The maximum Gasteiger partial charge on any atom is 0.409 e. The van der Waals surface area contributed by atoms with Gasteiger partial charge in [-0.1, -0.05) is 30.3 Å². The Morgan fingerprint density at radius 1 is 1.21 bits per heavy atom. The number of carbonyl (C=O) groups excluding carboxylic acids is 1. The number of fused-ring (bicyclic) bond motifs is 1. The van der Waals surface area contributed by atoms with Gasteiger partial charge < -0.3 is 5.11 Å². The van der Waals surface area contributed by atoms with Crippen molar-refractivity contribution in [2.75, 3.05) is 0 Å². The lowest BCUT2D eigenvalue weighted by molar-refractivity contribution is 0.104. The van der Waals surface area contributed by atoms with E-state index >= 15 is 0 Å². The number of aromatic nitrogens is 3. The molecule has 0 atom stereocenters. The lowest BCUT2D eigenvalue weighted by Gasteiger charge is -2.10. The molecule has 4 aromatic rings. The van der Waals surface area contributed by atoms with E-state index in [-0.39, 0.29) is 5.78 Å². The third kappa shape index (κ3) is 3.53. The summed E-state index contributed by atoms with van der Waals surface area (Å²) in [6.45, 7) is 1.76. The van der Waals surface area contributed by atoms with Gasteiger partial charge in [0.05, 0.1) is 22.3 Å². The Morgan fingerprint density at radius 2 is 2.07 bits per heavy atom. The summed E-state index contributed by atoms with van der Waals surface area (Å²) in [5.41, 5.74) is 3.68. The zero-order valence-corrected chi connectivity index (χ0v) is 16.2. The van der Waals surface area contributed by atoms with Crippen molar-refractivity contribution in [3.8, 4) is 11.3 Å². The molecule has 0 unspecified atom stereocenters. The van der Waals surface area contributed by atoms with E-state index in [9.17, 15) is 9.59 Å². The Balaban J connectivity index is 1.79. The van der Waals surface area contributed by atoms with Gasteiger partial charge in [-0.25, -0.2) is 14.3 Å². The molecule has 0 aliphatic carbocycles. The van der Waals surface area contributed by atoms with E-state index < -0.39 is 6.09 Å². The molecule has 0 aliphatic heterocycles. The van der Waals surface area contributed by atoms with E-state index in [1.807, 2.05) is 35.7 Å². The molecule has 3 heterocycles. The quantitative estimate of drug-likeness (QED) is 0.483. The van der Waals surface area contributed by atoms with Crippen LogP contribution in [-0.4, -0.2) is 31.6 Å². The van der Waals surface area contributed by atoms with Gasteiger partial charge in [0.2, 0.25) is 5.78 Å². The highest BCUT2D eigenvalue weighted by molar-refractivity contribution is 7.12. The number of benzene rings is 1. The lowest BCUT2D eigenvalue weighted by Crippen LogP contribution is -2.18. The van der Waals surface area contributed by atoms with Crippen LogP contribution in [0.4, 0.5) is 4.79 Å². The minimum Gasteiger partial charge on any atom is -0.465 e. The number of hydrogen-bond acceptors (Lipinski definition) is 5. The van der Waals surface area contributed by atoms with Crippen LogP contribution in [0, 0.1) is 0 Å². The number of carboxylic acid groups (broad SMARTS) is 1. The summed E-state index contributed by atoms with van der Waals surface area (Å²) in [6.07, 6.45) is 3.73. The van der Waals surface area contributed by atoms with Crippen LogP contribution in [0.15, 0.2) is 66.3 Å². The predicted octanol–water partition coefficient (Wildman–Crippen LogP) is 4.32. The van der Waals surface area contributed by atoms with E-state index in [0.29, 0.717) is 21.8 Å². The van der Waals surface area contributed by atoms with Crippen LogP contribution in [0.1, 0.15) is 27.7 Å². The monoisotopic (exact) mass is 404 g/mol. The molecular weight excluding hydrogens is 388 g/mol. The second-order valence-electron chi connectivity index (χ2n) is 6.14. The number of thiophene rings is 1. The number of hydrogen-bond donors (Lipinski definition) is 2. The first-order valence-electron chi connectivity index (χ1n) is 8.76. The summed E-state index contributed by atoms with van der Waals surface area (Å²) in [4.78, 5) is 28.8. The normalized spacial score (nSPS) is 11.6. The molecule has 0 bridgehead atoms. The molecule has 0 fully saturated rings. The van der Waals surface area contributed by atoms with Gasteiger partial charge in [0.1, 0.15) is 0 Å². The minimum absolute atomic E-state index is 0.115. The predicted molar refractivity (Wildman–Crippen MR) is 111 cm³/mol. The second kappa shape index (κ2) is 7.69. The van der Waals surface area contributed by atoms with Crippen molar-refractivity contribution < 1.29 is 14.7 Å². The molecular formula is C21H16N4O3S. The number of ketones is 1. The third-order valence-corrected chi connectivity index (χ3v) is 5.26. The molecule has 1 aromatic carbocycles. The van der Waals surface area contributed by atoms with Gasteiger partial charge >= 0.3 is 6.09 Å². The van der Waals surface area contributed by atoms with Crippen LogP contribution in [0.5, 0.6) is 0 Å². The van der Waals surface area contributed by atoms with Gasteiger partial charge in [-0.15, -0.1) is 11.3 Å². The van der Waals surface area contributed by atoms with Gasteiger partial charge in [0, 0.05) is 17.5 Å². The van der Waals surface area contributed by atoms with Crippen LogP contribution in [0.2, 0.25) is 0 Å². The van der Waals surface area contributed by atoms with Crippen molar-refractivity contribution in [3.05, 3.63) is 82.3 Å². The Labute approximate surface area is 170 Å². The molecule has 144 valence electrons. The average Bonchev–Trinajstić information content (AvgIpc) is 3.41. The van der Waals surface area contributed by atoms with Crippen LogP contribution in [-0.2, 0) is 0 Å². The molecule has 0 saturated carbocycles. The molecule has 8 heteroatoms. The van der Waals surface area contributed by atoms with Crippen LogP contribution in [0.25, 0.3) is 22.6 Å². The van der Waals surface area contributed by atoms with Crippen LogP contribution in [0.3, 0.4) is 0 Å². The molecule has 29 heavy (non-hydrogen) atoms. The van der Waals surface area contributed by atoms with Crippen molar-refractivity contribution in [3.63, 3.8) is 0 Å². The lowest BCUT2D eigenvalue weighted by atomic mass is 10.1. The Hall–Kier alpha value is -3.78. The highest BCUT2D eigenvalue weighted by atomic mass is 32.1. The summed E-state index contributed by atoms with van der Waals surface area (Å²) >= 11 is 1.38. The standard InChI is InChI=1S/C21H16N4O3S/c1-2-16(24-21(27)28)13-5-3-6-14(11-13)17-8-9-22-20-15(12-23-25(17)20)19(26)18-7-4-10-29-18/h2-12,24H,1H3,(H,27,28). The topological polar surface area (TPSA) is 96.6 Å². The second-order valence-corrected chi connectivity index (χ2v) is 7.09. The van der Waals surface area contributed by atoms with Gasteiger partial charge in [-0.3, -0.25) is 10.1 Å². The molecule has 7 nitrogen and oxygen atoms in total. The highest BCUT2D eigenvalue weighted by Crippen LogP contribution is 2.25. The maximum atomic E-state index is 12.8. The zero-order chi connectivity index (χ0) is 20.4. The van der Waals surface area contributed by atoms with Crippen molar-refractivity contribution in [1.82, 2.24) is 19.9 Å². The summed E-state index contributed by atoms with van der Waals surface area (Å²) in [6, 6.07) is 12.8. The van der Waals surface area contributed by atoms with Crippen molar-refractivity contribution in [2.45, 2.75) is 6.92 Å². The number of allylic oxidation sites excluding steroid dienone is 1. The highest BCUT2D eigenvalue weighted by Gasteiger charge is 2.18. The zero-order valence-electron chi connectivity index (χ0n) is 15.4. The average molecular weight is 404 g/mol. The van der Waals surface area contributed by atoms with E-state index in [1.165, 1.54) is 17.5 Å². The summed E-state index contributed by atoms with van der Waals surface area (Å²) < 4.78 is 1.62. The first-order valence-corrected chi connectivity index (χ1v) is 9.64. The Bertz CT molecular complexity index is 1240. The molecule has 3 aromatic heterocycles. The Kier molecular flexibility index (Phi) is 4.92. The smallest absolute Gasteiger partial charge is 0.409 e. The maximum absolute atomic E-state index is 12.8. The number of carbonyl (C=O) groups is 2. The van der Waals surface area contributed by atoms with E-state index in [0.717, 1.165) is 16.8 Å². The van der Waals surface area contributed by atoms with Crippen molar-refractivity contribution >= 4 is 34.6 Å². The number of nitrogens with zero attached hydrogens (tertiary/aromatic N) is 3. The molecule has 0 radical (unpaired) electrons. The molecule has 2 N–H and O–H groups in total. The molecule has 0 saturated heterocycles. The first kappa shape index (κ1) is 18.6. The van der Waals surface area contributed by atoms with Crippen LogP contribution >= 0.6 is 11.3 Å². The van der Waals surface area contributed by atoms with E-state index in [4.69, 9.17) is 5.11 Å². The largest absolute Gasteiger partial charge is 0.465 e. The van der Waals surface area contributed by atoms with E-state index in [1.54, 1.807) is 35.8 Å². The fourth-order valence-corrected chi connectivity index (χ4v) is 3.76. The fourth-order valence-electron chi connectivity index (χ4n) is 3.08. The number of nitrogens with one attached hydrogen (secondary N) is 1. The molecule has 4 rings (SSSR count). The summed E-state index contributed by atoms with van der Waals surface area (Å²) in [5.74, 6) is -0.115. The van der Waals surface area contributed by atoms with Gasteiger partial charge in [-0.2, -0.15) is 5.10 Å². The fraction of sp³-hybridized carbons (Fsp3) is 0.0476. The SMILES string of the molecule is CC=C(NC(=O)O)c1cccc(-c2ccnc3c(C(=O)c4cccs4)cnn23)c1. The van der Waals surface area contributed by atoms with Gasteiger partial charge in [0.25, 0.3) is 0 Å². The Morgan fingerprint density at radius 3 is 2.79 bits per heavy atom. The number of rotatable bonds is 5. The van der Waals surface area contributed by atoms with Gasteiger partial charge in [0.15, 0.2) is 5.65 Å². The van der Waals surface area contributed by atoms with Gasteiger partial charge in [-0.05, 0) is 36.1 Å². The van der Waals surface area contributed by atoms with Crippen LogP contribution < -0.4 is 5.32 Å². The summed E-state index contributed by atoms with van der Waals surface area (Å²) in [7, 11) is 0. The summed E-state index contributed by atoms with van der Waals surface area (Å²) in [5, 5.41) is 17.7. The first-order chi connectivity index (χ1) is 14.1. The molecule has 1 amide bonds. The van der Waals surface area contributed by atoms with E-state index in [2.05, 4.69) is 15.4 Å². The third-order valence-electron chi connectivity index (χ3n) is 4.39. The van der Waals surface area contributed by atoms with Crippen molar-refractivity contribution in [2.24, 2.45) is 0 Å². The number of amides is 1.